The van der Waals surface area contributed by atoms with Crippen LogP contribution in [0.1, 0.15) is 35.2 Å². The van der Waals surface area contributed by atoms with Crippen LogP contribution < -0.4 is 4.90 Å². The lowest BCUT2D eigenvalue weighted by atomic mass is 9.93. The van der Waals surface area contributed by atoms with Gasteiger partial charge in [-0.1, -0.05) is 12.1 Å². The van der Waals surface area contributed by atoms with E-state index < -0.39 is 0 Å². The summed E-state index contributed by atoms with van der Waals surface area (Å²) in [7, 11) is 0. The maximum atomic E-state index is 13.1. The highest BCUT2D eigenvalue weighted by Crippen LogP contribution is 2.23. The van der Waals surface area contributed by atoms with Gasteiger partial charge in [0.05, 0.1) is 0 Å². The van der Waals surface area contributed by atoms with Gasteiger partial charge in [-0.25, -0.2) is 4.39 Å². The fourth-order valence-electron chi connectivity index (χ4n) is 4.61. The van der Waals surface area contributed by atoms with Crippen molar-refractivity contribution in [3.63, 3.8) is 0 Å². The molecule has 5 nitrogen and oxygen atoms in total. The van der Waals surface area contributed by atoms with Gasteiger partial charge in [0.2, 0.25) is 5.91 Å². The normalized spacial score (nSPS) is 19.4. The quantitative estimate of drug-likeness (QED) is 0.753. The molecule has 0 saturated carbocycles. The first-order chi connectivity index (χ1) is 15.0. The SMILES string of the molecule is Cc1cccc(N2CCN(C(=O)CC3CCCN(C(=O)c4ccc(F)cc4)C3)CC2)c1. The zero-order chi connectivity index (χ0) is 21.8. The summed E-state index contributed by atoms with van der Waals surface area (Å²) in [5, 5.41) is 0. The molecule has 1 unspecified atom stereocenters. The van der Waals surface area contributed by atoms with Gasteiger partial charge < -0.3 is 14.7 Å². The molecule has 1 atom stereocenters. The largest absolute Gasteiger partial charge is 0.368 e. The van der Waals surface area contributed by atoms with Crippen molar-refractivity contribution in [1.29, 1.82) is 0 Å². The third-order valence-corrected chi connectivity index (χ3v) is 6.36. The van der Waals surface area contributed by atoms with E-state index in [4.69, 9.17) is 0 Å². The molecular formula is C25H30FN3O2. The highest BCUT2D eigenvalue weighted by molar-refractivity contribution is 5.94. The van der Waals surface area contributed by atoms with Gasteiger partial charge in [-0.05, 0) is 67.6 Å². The number of nitrogens with zero attached hydrogens (tertiary/aromatic N) is 3. The molecule has 2 saturated heterocycles. The Bertz CT molecular complexity index is 923. The predicted octanol–water partition coefficient (Wildman–Crippen LogP) is 3.73. The molecule has 2 amide bonds. The van der Waals surface area contributed by atoms with E-state index in [1.165, 1.54) is 35.5 Å². The molecule has 31 heavy (non-hydrogen) atoms. The van der Waals surface area contributed by atoms with Crippen LogP contribution in [0.3, 0.4) is 0 Å². The Morgan fingerprint density at radius 2 is 1.71 bits per heavy atom. The summed E-state index contributed by atoms with van der Waals surface area (Å²) in [4.78, 5) is 31.8. The van der Waals surface area contributed by atoms with Crippen molar-refractivity contribution >= 4 is 17.5 Å². The van der Waals surface area contributed by atoms with Crippen LogP contribution in [0, 0.1) is 18.7 Å². The number of amides is 2. The molecule has 2 aromatic rings. The van der Waals surface area contributed by atoms with E-state index in [1.54, 1.807) is 0 Å². The lowest BCUT2D eigenvalue weighted by molar-refractivity contribution is -0.132. The van der Waals surface area contributed by atoms with Crippen LogP contribution in [0.5, 0.6) is 0 Å². The van der Waals surface area contributed by atoms with Crippen LogP contribution in [0.15, 0.2) is 48.5 Å². The lowest BCUT2D eigenvalue weighted by Crippen LogP contribution is -2.49. The summed E-state index contributed by atoms with van der Waals surface area (Å²) in [6.07, 6.45) is 2.34. The van der Waals surface area contributed by atoms with Gasteiger partial charge in [0, 0.05) is 56.9 Å². The number of piperazine rings is 1. The van der Waals surface area contributed by atoms with Crippen LogP contribution in [-0.4, -0.2) is 60.9 Å². The van der Waals surface area contributed by atoms with Crippen LogP contribution in [0.25, 0.3) is 0 Å². The second-order valence-corrected chi connectivity index (χ2v) is 8.68. The lowest BCUT2D eigenvalue weighted by Gasteiger charge is -2.38. The number of piperidine rings is 1. The average Bonchev–Trinajstić information content (AvgIpc) is 2.79. The predicted molar refractivity (Wildman–Crippen MR) is 120 cm³/mol. The molecule has 2 aromatic carbocycles. The molecule has 4 rings (SSSR count). The molecule has 0 spiro atoms. The van der Waals surface area contributed by atoms with Crippen molar-refractivity contribution in [3.8, 4) is 0 Å². The highest BCUT2D eigenvalue weighted by atomic mass is 19.1. The van der Waals surface area contributed by atoms with Crippen LogP contribution >= 0.6 is 0 Å². The molecule has 0 radical (unpaired) electrons. The number of anilines is 1. The molecule has 0 N–H and O–H groups in total. The third-order valence-electron chi connectivity index (χ3n) is 6.36. The minimum atomic E-state index is -0.346. The fraction of sp³-hybridized carbons (Fsp3) is 0.440. The van der Waals surface area contributed by atoms with E-state index in [-0.39, 0.29) is 23.5 Å². The van der Waals surface area contributed by atoms with E-state index >= 15 is 0 Å². The molecule has 164 valence electrons. The van der Waals surface area contributed by atoms with Gasteiger partial charge in [-0.2, -0.15) is 0 Å². The number of likely N-dealkylation sites (tertiary alicyclic amines) is 1. The van der Waals surface area contributed by atoms with E-state index in [9.17, 15) is 14.0 Å². The minimum Gasteiger partial charge on any atom is -0.368 e. The van der Waals surface area contributed by atoms with E-state index in [1.807, 2.05) is 9.80 Å². The maximum Gasteiger partial charge on any atom is 0.253 e. The maximum absolute atomic E-state index is 13.1. The summed E-state index contributed by atoms with van der Waals surface area (Å²) in [5.74, 6) is -0.0597. The van der Waals surface area contributed by atoms with E-state index in [0.29, 0.717) is 25.1 Å². The Morgan fingerprint density at radius 3 is 2.42 bits per heavy atom. The number of hydrogen-bond acceptors (Lipinski definition) is 3. The number of halogens is 1. The Kier molecular flexibility index (Phi) is 6.54. The smallest absolute Gasteiger partial charge is 0.253 e. The monoisotopic (exact) mass is 423 g/mol. The highest BCUT2D eigenvalue weighted by Gasteiger charge is 2.29. The summed E-state index contributed by atoms with van der Waals surface area (Å²) < 4.78 is 13.1. The number of rotatable bonds is 4. The van der Waals surface area contributed by atoms with Crippen molar-refractivity contribution in [2.75, 3.05) is 44.2 Å². The minimum absolute atomic E-state index is 0.0797. The van der Waals surface area contributed by atoms with Crippen molar-refractivity contribution in [2.24, 2.45) is 5.92 Å². The Hall–Kier alpha value is -2.89. The third kappa shape index (κ3) is 5.24. The number of benzene rings is 2. The first-order valence-electron chi connectivity index (χ1n) is 11.1. The molecule has 6 heteroatoms. The van der Waals surface area contributed by atoms with Gasteiger partial charge in [-0.15, -0.1) is 0 Å². The second-order valence-electron chi connectivity index (χ2n) is 8.68. The standard InChI is InChI=1S/C25H30FN3O2/c1-19-4-2-6-23(16-19)27-12-14-28(15-13-27)24(30)17-20-5-3-11-29(18-20)25(31)21-7-9-22(26)10-8-21/h2,4,6-10,16,20H,3,5,11-15,17-18H2,1H3. The molecule has 0 aliphatic carbocycles. The van der Waals surface area contributed by atoms with Gasteiger partial charge in [-0.3, -0.25) is 9.59 Å². The Labute approximate surface area is 183 Å². The molecule has 2 fully saturated rings. The summed E-state index contributed by atoms with van der Waals surface area (Å²) >= 11 is 0. The second kappa shape index (κ2) is 9.50. The van der Waals surface area contributed by atoms with Crippen molar-refractivity contribution < 1.29 is 14.0 Å². The van der Waals surface area contributed by atoms with Crippen LogP contribution in [-0.2, 0) is 4.79 Å². The molecule has 2 aliphatic rings. The zero-order valence-corrected chi connectivity index (χ0v) is 18.1. The first kappa shape index (κ1) is 21.3. The van der Waals surface area contributed by atoms with Gasteiger partial charge in [0.1, 0.15) is 5.82 Å². The average molecular weight is 424 g/mol. The fourth-order valence-corrected chi connectivity index (χ4v) is 4.61. The van der Waals surface area contributed by atoms with Crippen molar-refractivity contribution in [1.82, 2.24) is 9.80 Å². The van der Waals surface area contributed by atoms with Crippen molar-refractivity contribution in [3.05, 3.63) is 65.5 Å². The van der Waals surface area contributed by atoms with Gasteiger partial charge >= 0.3 is 0 Å². The van der Waals surface area contributed by atoms with E-state index in [0.717, 1.165) is 39.0 Å². The van der Waals surface area contributed by atoms with Crippen LogP contribution in [0.4, 0.5) is 10.1 Å². The number of aryl methyl sites for hydroxylation is 1. The molecule has 2 heterocycles. The van der Waals surface area contributed by atoms with Gasteiger partial charge in [0.15, 0.2) is 0 Å². The van der Waals surface area contributed by atoms with E-state index in [2.05, 4.69) is 36.1 Å². The number of hydrogen-bond donors (Lipinski definition) is 0. The summed E-state index contributed by atoms with van der Waals surface area (Å²) in [6, 6.07) is 14.2. The summed E-state index contributed by atoms with van der Waals surface area (Å²) in [5.41, 5.74) is 2.96. The number of carbonyl (C=O) groups is 2. The Morgan fingerprint density at radius 1 is 0.968 bits per heavy atom. The molecule has 0 aromatic heterocycles. The molecule has 2 aliphatic heterocycles. The topological polar surface area (TPSA) is 43.9 Å². The Balaban J connectivity index is 1.28. The van der Waals surface area contributed by atoms with Gasteiger partial charge in [0.25, 0.3) is 5.91 Å². The molecular weight excluding hydrogens is 393 g/mol. The number of carbonyl (C=O) groups excluding carboxylic acids is 2. The first-order valence-corrected chi connectivity index (χ1v) is 11.1. The zero-order valence-electron chi connectivity index (χ0n) is 18.1. The van der Waals surface area contributed by atoms with Crippen molar-refractivity contribution in [2.45, 2.75) is 26.2 Å². The molecule has 0 bridgehead atoms. The van der Waals surface area contributed by atoms with Crippen LogP contribution in [0.2, 0.25) is 0 Å². The summed E-state index contributed by atoms with van der Waals surface area (Å²) in [6.45, 7) is 6.53.